The number of furan rings is 1. The third kappa shape index (κ3) is 4.99. The Morgan fingerprint density at radius 2 is 2.00 bits per heavy atom. The van der Waals surface area contributed by atoms with Crippen molar-refractivity contribution in [3.05, 3.63) is 51.3 Å². The summed E-state index contributed by atoms with van der Waals surface area (Å²) >= 11 is 0. The quantitative estimate of drug-likeness (QED) is 0.485. The number of amides is 1. The molecule has 3 heterocycles. The van der Waals surface area contributed by atoms with Crippen LogP contribution in [0.1, 0.15) is 38.6 Å². The number of fused-ring (bicyclic) bond motifs is 1. The van der Waals surface area contributed by atoms with E-state index in [4.69, 9.17) is 13.9 Å². The third-order valence-electron chi connectivity index (χ3n) is 5.33. The molecule has 0 aliphatic carbocycles. The number of methoxy groups -OCH3 is 1. The fourth-order valence-corrected chi connectivity index (χ4v) is 3.69. The average Bonchev–Trinajstić information content (AvgIpc) is 3.03. The first-order valence-electron chi connectivity index (χ1n) is 10.3. The fraction of sp³-hybridized carbons (Fsp3) is 0.500. The first kappa shape index (κ1) is 22.6. The van der Waals surface area contributed by atoms with Crippen molar-refractivity contribution in [1.29, 1.82) is 0 Å². The van der Waals surface area contributed by atoms with Crippen LogP contribution in [0.25, 0.3) is 0 Å². The predicted molar refractivity (Wildman–Crippen MR) is 114 cm³/mol. The van der Waals surface area contributed by atoms with Crippen molar-refractivity contribution in [2.75, 3.05) is 47.4 Å². The molecule has 1 aliphatic heterocycles. The lowest BCUT2D eigenvalue weighted by atomic mass is 10.1. The highest BCUT2D eigenvalue weighted by atomic mass is 16.5. The van der Waals surface area contributed by atoms with Crippen LogP contribution in [0, 0.1) is 6.92 Å². The standard InChI is InChI=1S/C22H29N3O6/c1-15-7-13-31-20(15)21(27)24-9-6-16-19(22(28)29-4)17(30-12-5-8-23(2)3)14-18(26)25(16)11-10-24/h7,13-14H,5-6,8-12H2,1-4H3. The topological polar surface area (TPSA) is 94.2 Å². The van der Waals surface area contributed by atoms with Crippen LogP contribution in [0.3, 0.4) is 0 Å². The highest BCUT2D eigenvalue weighted by Gasteiger charge is 2.28. The molecular formula is C22H29N3O6. The van der Waals surface area contributed by atoms with Gasteiger partial charge in [0.1, 0.15) is 11.3 Å². The molecule has 0 fully saturated rings. The highest BCUT2D eigenvalue weighted by Crippen LogP contribution is 2.25. The molecule has 0 bridgehead atoms. The second-order valence-corrected chi connectivity index (χ2v) is 7.79. The van der Waals surface area contributed by atoms with E-state index in [1.165, 1.54) is 24.0 Å². The van der Waals surface area contributed by atoms with Crippen molar-refractivity contribution in [3.63, 3.8) is 0 Å². The molecule has 0 aromatic carbocycles. The number of carbonyl (C=O) groups is 2. The fourth-order valence-electron chi connectivity index (χ4n) is 3.69. The summed E-state index contributed by atoms with van der Waals surface area (Å²) in [4.78, 5) is 41.9. The molecule has 168 valence electrons. The second-order valence-electron chi connectivity index (χ2n) is 7.79. The number of aromatic nitrogens is 1. The molecule has 31 heavy (non-hydrogen) atoms. The summed E-state index contributed by atoms with van der Waals surface area (Å²) in [6, 6.07) is 3.07. The Hall–Kier alpha value is -3.07. The molecule has 0 saturated carbocycles. The molecule has 2 aromatic heterocycles. The molecule has 0 N–H and O–H groups in total. The van der Waals surface area contributed by atoms with E-state index >= 15 is 0 Å². The largest absolute Gasteiger partial charge is 0.492 e. The zero-order valence-corrected chi connectivity index (χ0v) is 18.5. The number of esters is 1. The molecule has 9 nitrogen and oxygen atoms in total. The molecular weight excluding hydrogens is 402 g/mol. The van der Waals surface area contributed by atoms with Crippen molar-refractivity contribution in [2.24, 2.45) is 0 Å². The van der Waals surface area contributed by atoms with Gasteiger partial charge >= 0.3 is 5.97 Å². The van der Waals surface area contributed by atoms with E-state index in [1.807, 2.05) is 25.9 Å². The maximum Gasteiger partial charge on any atom is 0.343 e. The number of ether oxygens (including phenoxy) is 2. The number of rotatable bonds is 7. The van der Waals surface area contributed by atoms with E-state index in [0.29, 0.717) is 31.8 Å². The Labute approximate surface area is 181 Å². The Balaban J connectivity index is 1.88. The van der Waals surface area contributed by atoms with Crippen LogP contribution in [0.15, 0.2) is 27.6 Å². The molecule has 1 amide bonds. The summed E-state index contributed by atoms with van der Waals surface area (Å²) in [5.74, 6) is -0.281. The number of carbonyl (C=O) groups excluding carboxylic acids is 2. The van der Waals surface area contributed by atoms with Gasteiger partial charge in [0.15, 0.2) is 5.76 Å². The van der Waals surface area contributed by atoms with Crippen molar-refractivity contribution >= 4 is 11.9 Å². The van der Waals surface area contributed by atoms with Gasteiger partial charge in [-0.05, 0) is 33.5 Å². The number of hydrogen-bond donors (Lipinski definition) is 0. The highest BCUT2D eigenvalue weighted by molar-refractivity contribution is 5.94. The molecule has 3 rings (SSSR count). The summed E-state index contributed by atoms with van der Waals surface area (Å²) in [6.07, 6.45) is 2.55. The van der Waals surface area contributed by atoms with Gasteiger partial charge < -0.3 is 28.3 Å². The van der Waals surface area contributed by atoms with Crippen LogP contribution >= 0.6 is 0 Å². The lowest BCUT2D eigenvalue weighted by Crippen LogP contribution is -2.34. The molecule has 0 unspecified atom stereocenters. The zero-order valence-electron chi connectivity index (χ0n) is 18.5. The number of nitrogens with zero attached hydrogens (tertiary/aromatic N) is 3. The van der Waals surface area contributed by atoms with Gasteiger partial charge in [-0.3, -0.25) is 9.59 Å². The summed E-state index contributed by atoms with van der Waals surface area (Å²) < 4.78 is 17.7. The van der Waals surface area contributed by atoms with Gasteiger partial charge in [-0.2, -0.15) is 0 Å². The van der Waals surface area contributed by atoms with Crippen LogP contribution in [0.2, 0.25) is 0 Å². The summed E-state index contributed by atoms with van der Waals surface area (Å²) in [6.45, 7) is 3.93. The Morgan fingerprint density at radius 3 is 2.65 bits per heavy atom. The van der Waals surface area contributed by atoms with E-state index in [9.17, 15) is 14.4 Å². The first-order valence-corrected chi connectivity index (χ1v) is 10.3. The van der Waals surface area contributed by atoms with Crippen molar-refractivity contribution in [2.45, 2.75) is 26.3 Å². The lowest BCUT2D eigenvalue weighted by molar-refractivity contribution is 0.0593. The Morgan fingerprint density at radius 1 is 1.23 bits per heavy atom. The minimum Gasteiger partial charge on any atom is -0.492 e. The van der Waals surface area contributed by atoms with Gasteiger partial charge in [0, 0.05) is 49.9 Å². The Kier molecular flexibility index (Phi) is 7.17. The van der Waals surface area contributed by atoms with Crippen molar-refractivity contribution < 1.29 is 23.5 Å². The molecule has 2 aromatic rings. The Bertz CT molecular complexity index is 1010. The molecule has 0 saturated heterocycles. The van der Waals surface area contributed by atoms with Gasteiger partial charge in [-0.25, -0.2) is 4.79 Å². The predicted octanol–water partition coefficient (Wildman–Crippen LogP) is 1.57. The zero-order chi connectivity index (χ0) is 22.5. The van der Waals surface area contributed by atoms with E-state index in [1.54, 1.807) is 11.0 Å². The normalized spacial score (nSPS) is 13.6. The molecule has 9 heteroatoms. The number of aryl methyl sites for hydroxylation is 1. The van der Waals surface area contributed by atoms with Crippen LogP contribution in [0.5, 0.6) is 5.75 Å². The maximum atomic E-state index is 12.9. The molecule has 1 aliphatic rings. The van der Waals surface area contributed by atoms with Gasteiger partial charge in [0.05, 0.1) is 20.0 Å². The summed E-state index contributed by atoms with van der Waals surface area (Å²) in [5, 5.41) is 0. The van der Waals surface area contributed by atoms with Crippen LogP contribution in [0.4, 0.5) is 0 Å². The monoisotopic (exact) mass is 431 g/mol. The summed E-state index contributed by atoms with van der Waals surface area (Å²) in [7, 11) is 5.23. The minimum absolute atomic E-state index is 0.225. The number of hydrogen-bond acceptors (Lipinski definition) is 7. The summed E-state index contributed by atoms with van der Waals surface area (Å²) in [5.41, 5.74) is 1.25. The second kappa shape index (κ2) is 9.82. The number of pyridine rings is 1. The third-order valence-corrected chi connectivity index (χ3v) is 5.33. The lowest BCUT2D eigenvalue weighted by Gasteiger charge is -2.18. The smallest absolute Gasteiger partial charge is 0.343 e. The van der Waals surface area contributed by atoms with Crippen molar-refractivity contribution in [1.82, 2.24) is 14.4 Å². The first-order chi connectivity index (χ1) is 14.8. The van der Waals surface area contributed by atoms with Crippen LogP contribution in [-0.2, 0) is 17.7 Å². The van der Waals surface area contributed by atoms with Crippen LogP contribution < -0.4 is 10.3 Å². The van der Waals surface area contributed by atoms with E-state index in [-0.39, 0.29) is 35.1 Å². The molecule has 0 atom stereocenters. The van der Waals surface area contributed by atoms with E-state index in [2.05, 4.69) is 0 Å². The minimum atomic E-state index is -0.562. The van der Waals surface area contributed by atoms with Crippen LogP contribution in [-0.4, -0.2) is 73.7 Å². The SMILES string of the molecule is COC(=O)c1c(OCCCN(C)C)cc(=O)n2c1CCN(C(=O)c1occc1C)CC2. The van der Waals surface area contributed by atoms with Gasteiger partial charge in [0.25, 0.3) is 11.5 Å². The van der Waals surface area contributed by atoms with Gasteiger partial charge in [-0.1, -0.05) is 0 Å². The van der Waals surface area contributed by atoms with E-state index < -0.39 is 5.97 Å². The molecule has 0 radical (unpaired) electrons. The van der Waals surface area contributed by atoms with E-state index in [0.717, 1.165) is 18.5 Å². The average molecular weight is 431 g/mol. The van der Waals surface area contributed by atoms with Crippen molar-refractivity contribution in [3.8, 4) is 5.75 Å². The maximum absolute atomic E-state index is 12.9. The van der Waals surface area contributed by atoms with Gasteiger partial charge in [-0.15, -0.1) is 0 Å². The molecule has 0 spiro atoms. The van der Waals surface area contributed by atoms with Gasteiger partial charge in [0.2, 0.25) is 0 Å².